The number of benzene rings is 2. The average molecular weight is 267 g/mol. The summed E-state index contributed by atoms with van der Waals surface area (Å²) in [7, 11) is 1.57. The van der Waals surface area contributed by atoms with Crippen LogP contribution >= 0.6 is 0 Å². The van der Waals surface area contributed by atoms with Crippen LogP contribution in [0.25, 0.3) is 0 Å². The fourth-order valence-electron chi connectivity index (χ4n) is 2.45. The van der Waals surface area contributed by atoms with Gasteiger partial charge in [0.05, 0.1) is 12.7 Å². The van der Waals surface area contributed by atoms with E-state index in [1.807, 2.05) is 13.0 Å². The van der Waals surface area contributed by atoms with Gasteiger partial charge in [-0.1, -0.05) is 12.1 Å². The third kappa shape index (κ3) is 1.69. The van der Waals surface area contributed by atoms with Crippen LogP contribution in [-0.2, 0) is 0 Å². The van der Waals surface area contributed by atoms with Crippen LogP contribution in [0.4, 0.5) is 5.69 Å². The molecule has 0 atom stereocenters. The van der Waals surface area contributed by atoms with E-state index in [0.29, 0.717) is 27.3 Å². The molecule has 1 aliphatic heterocycles. The van der Waals surface area contributed by atoms with Crippen molar-refractivity contribution in [3.63, 3.8) is 0 Å². The smallest absolute Gasteiger partial charge is 0.272 e. The zero-order chi connectivity index (χ0) is 14.3. The highest BCUT2D eigenvalue weighted by molar-refractivity contribution is 6.52. The molecule has 2 aromatic carbocycles. The van der Waals surface area contributed by atoms with E-state index in [9.17, 15) is 10.0 Å². The molecule has 0 saturated carbocycles. The minimum absolute atomic E-state index is 0.164. The van der Waals surface area contributed by atoms with E-state index >= 15 is 0 Å². The molecule has 0 bridgehead atoms. The Kier molecular flexibility index (Phi) is 2.79. The molecule has 0 amide bonds. The van der Waals surface area contributed by atoms with Crippen LogP contribution in [-0.4, -0.2) is 23.3 Å². The maximum Gasteiger partial charge on any atom is 0.272 e. The van der Waals surface area contributed by atoms with Gasteiger partial charge in [-0.25, -0.2) is 0 Å². The molecular weight excluding hydrogens is 254 g/mol. The largest absolute Gasteiger partial charge is 0.618 e. The average Bonchev–Trinajstić information content (AvgIpc) is 2.72. The van der Waals surface area contributed by atoms with Gasteiger partial charge < -0.3 is 9.94 Å². The standard InChI is InChI=1S/C16H13NO3/c1-10-4-3-5-13-14(10)16(18)15(17(13)19)11-6-8-12(20-2)9-7-11/h3-9H,1-2H3. The zero-order valence-corrected chi connectivity index (χ0v) is 11.2. The number of ketones is 1. The lowest BCUT2D eigenvalue weighted by molar-refractivity contribution is -0.355. The highest BCUT2D eigenvalue weighted by Crippen LogP contribution is 2.30. The number of hydrogen-bond acceptors (Lipinski definition) is 3. The van der Waals surface area contributed by atoms with Crippen LogP contribution in [0.3, 0.4) is 0 Å². The van der Waals surface area contributed by atoms with E-state index in [1.54, 1.807) is 43.5 Å². The monoisotopic (exact) mass is 267 g/mol. The molecule has 0 radical (unpaired) electrons. The van der Waals surface area contributed by atoms with Crippen molar-refractivity contribution < 1.29 is 14.3 Å². The van der Waals surface area contributed by atoms with Crippen LogP contribution in [0.2, 0.25) is 0 Å². The van der Waals surface area contributed by atoms with Crippen molar-refractivity contribution in [1.29, 1.82) is 0 Å². The van der Waals surface area contributed by atoms with Crippen molar-refractivity contribution in [2.75, 3.05) is 7.11 Å². The lowest BCUT2D eigenvalue weighted by atomic mass is 9.99. The molecule has 20 heavy (non-hydrogen) atoms. The van der Waals surface area contributed by atoms with E-state index in [1.165, 1.54) is 0 Å². The highest BCUT2D eigenvalue weighted by atomic mass is 16.5. The van der Waals surface area contributed by atoms with Crippen LogP contribution in [0.15, 0.2) is 42.5 Å². The van der Waals surface area contributed by atoms with E-state index in [2.05, 4.69) is 0 Å². The Balaban J connectivity index is 2.14. The number of methoxy groups -OCH3 is 1. The van der Waals surface area contributed by atoms with Gasteiger partial charge in [0.1, 0.15) is 11.3 Å². The molecule has 0 fully saturated rings. The number of fused-ring (bicyclic) bond motifs is 1. The lowest BCUT2D eigenvalue weighted by Crippen LogP contribution is -2.16. The summed E-state index contributed by atoms with van der Waals surface area (Å²) in [5.41, 5.74) is 2.49. The van der Waals surface area contributed by atoms with Gasteiger partial charge in [-0.3, -0.25) is 4.79 Å². The number of Topliss-reactive ketones (excluding diaryl/α,β-unsaturated/α-hetero) is 1. The summed E-state index contributed by atoms with van der Waals surface area (Å²) in [6.45, 7) is 1.83. The molecule has 1 heterocycles. The minimum Gasteiger partial charge on any atom is -0.618 e. The molecule has 2 aromatic rings. The van der Waals surface area contributed by atoms with Crippen molar-refractivity contribution in [3.8, 4) is 5.75 Å². The van der Waals surface area contributed by atoms with Gasteiger partial charge in [0.2, 0.25) is 5.69 Å². The van der Waals surface area contributed by atoms with Gasteiger partial charge in [0, 0.05) is 6.07 Å². The second-order valence-electron chi connectivity index (χ2n) is 4.67. The fourth-order valence-corrected chi connectivity index (χ4v) is 2.45. The molecule has 4 nitrogen and oxygen atoms in total. The maximum absolute atomic E-state index is 12.5. The Morgan fingerprint density at radius 1 is 1.10 bits per heavy atom. The Bertz CT molecular complexity index is 730. The molecule has 0 N–H and O–H groups in total. The Hall–Kier alpha value is -2.62. The predicted octanol–water partition coefficient (Wildman–Crippen LogP) is 2.83. The molecular formula is C16H13NO3. The number of hydrogen-bond donors (Lipinski definition) is 0. The fraction of sp³-hybridized carbons (Fsp3) is 0.125. The molecule has 0 unspecified atom stereocenters. The SMILES string of the molecule is COc1ccc(C2=[N+]([O-])c3cccc(C)c3C2=O)cc1. The zero-order valence-electron chi connectivity index (χ0n) is 11.2. The molecule has 0 aliphatic carbocycles. The summed E-state index contributed by atoms with van der Waals surface area (Å²) in [4.78, 5) is 12.5. The Morgan fingerprint density at radius 3 is 2.40 bits per heavy atom. The first-order valence-electron chi connectivity index (χ1n) is 6.26. The molecule has 0 saturated heterocycles. The summed E-state index contributed by atoms with van der Waals surface area (Å²) < 4.78 is 5.80. The Morgan fingerprint density at radius 2 is 1.80 bits per heavy atom. The second-order valence-corrected chi connectivity index (χ2v) is 4.67. The van der Waals surface area contributed by atoms with Crippen LogP contribution in [0.1, 0.15) is 21.5 Å². The van der Waals surface area contributed by atoms with E-state index in [0.717, 1.165) is 5.56 Å². The topological polar surface area (TPSA) is 52.4 Å². The Labute approximate surface area is 116 Å². The van der Waals surface area contributed by atoms with Gasteiger partial charge in [-0.15, -0.1) is 0 Å². The van der Waals surface area contributed by atoms with Gasteiger partial charge >= 0.3 is 0 Å². The van der Waals surface area contributed by atoms with E-state index in [4.69, 9.17) is 4.74 Å². The van der Waals surface area contributed by atoms with Crippen molar-refractivity contribution in [2.24, 2.45) is 0 Å². The van der Waals surface area contributed by atoms with Crippen LogP contribution in [0.5, 0.6) is 5.75 Å². The van der Waals surface area contributed by atoms with Gasteiger partial charge in [-0.2, -0.15) is 4.74 Å². The molecule has 4 heteroatoms. The molecule has 1 aliphatic rings. The second kappa shape index (κ2) is 4.49. The number of carbonyl (C=O) groups is 1. The number of carbonyl (C=O) groups excluding carboxylic acids is 1. The van der Waals surface area contributed by atoms with Crippen LogP contribution < -0.4 is 4.74 Å². The van der Waals surface area contributed by atoms with Crippen LogP contribution in [0, 0.1) is 12.1 Å². The van der Waals surface area contributed by atoms with Gasteiger partial charge in [0.25, 0.3) is 11.5 Å². The molecule has 0 aromatic heterocycles. The first kappa shape index (κ1) is 12.4. The first-order valence-corrected chi connectivity index (χ1v) is 6.26. The molecule has 100 valence electrons. The normalized spacial score (nSPS) is 13.6. The van der Waals surface area contributed by atoms with Gasteiger partial charge in [0.15, 0.2) is 0 Å². The highest BCUT2D eigenvalue weighted by Gasteiger charge is 2.37. The summed E-state index contributed by atoms with van der Waals surface area (Å²) in [6, 6.07) is 12.2. The number of nitrogens with zero attached hydrogens (tertiary/aromatic N) is 1. The van der Waals surface area contributed by atoms with Crippen molar-refractivity contribution in [1.82, 2.24) is 0 Å². The predicted molar refractivity (Wildman–Crippen MR) is 75.9 cm³/mol. The summed E-state index contributed by atoms with van der Waals surface area (Å²) in [5, 5.41) is 12.3. The van der Waals surface area contributed by atoms with Gasteiger partial charge in [-0.05, 0) is 36.8 Å². The van der Waals surface area contributed by atoms with Crippen molar-refractivity contribution in [3.05, 3.63) is 64.4 Å². The van der Waals surface area contributed by atoms with Crippen molar-refractivity contribution in [2.45, 2.75) is 6.92 Å². The first-order chi connectivity index (χ1) is 9.63. The van der Waals surface area contributed by atoms with E-state index < -0.39 is 0 Å². The minimum atomic E-state index is -0.224. The molecule has 3 rings (SSSR count). The van der Waals surface area contributed by atoms with Crippen molar-refractivity contribution >= 4 is 17.2 Å². The summed E-state index contributed by atoms with van der Waals surface area (Å²) in [5.74, 6) is 0.462. The number of rotatable bonds is 2. The third-order valence-electron chi connectivity index (χ3n) is 3.48. The molecule has 0 spiro atoms. The number of ether oxygens (including phenoxy) is 1. The maximum atomic E-state index is 12.5. The number of aryl methyl sites for hydroxylation is 1. The van der Waals surface area contributed by atoms with E-state index in [-0.39, 0.29) is 11.5 Å². The third-order valence-corrected chi connectivity index (χ3v) is 3.48. The summed E-state index contributed by atoms with van der Waals surface area (Å²) in [6.07, 6.45) is 0. The summed E-state index contributed by atoms with van der Waals surface area (Å²) >= 11 is 0. The lowest BCUT2D eigenvalue weighted by Gasteiger charge is -2.03. The quantitative estimate of drug-likeness (QED) is 0.621.